The van der Waals surface area contributed by atoms with E-state index < -0.39 is 10.1 Å². The smallest absolute Gasteiger partial charge is 0.282 e. The van der Waals surface area contributed by atoms with Crippen LogP contribution in [0.1, 0.15) is 76.7 Å². The van der Waals surface area contributed by atoms with Gasteiger partial charge in [0.25, 0.3) is 10.1 Å². The molecule has 0 saturated carbocycles. The summed E-state index contributed by atoms with van der Waals surface area (Å²) in [5.74, 6) is 0. The zero-order chi connectivity index (χ0) is 16.3. The Morgan fingerprint density at radius 1 is 0.783 bits per heavy atom. The van der Waals surface area contributed by atoms with E-state index in [9.17, 15) is 8.42 Å². The van der Waals surface area contributed by atoms with Gasteiger partial charge in [0.15, 0.2) is 0 Å². The number of rotatable bonds is 12. The Bertz CT molecular complexity index is 498. The number of benzene rings is 1. The summed E-state index contributed by atoms with van der Waals surface area (Å²) in [7, 11) is -4.06. The number of unbranched alkanes of at least 4 members (excludes halogenated alkanes) is 9. The van der Waals surface area contributed by atoms with E-state index >= 15 is 0 Å². The van der Waals surface area contributed by atoms with Gasteiger partial charge in [0, 0.05) is 51.4 Å². The van der Waals surface area contributed by atoms with Crippen LogP contribution in [-0.4, -0.2) is 64.4 Å². The minimum Gasteiger partial charge on any atom is -0.282 e. The van der Waals surface area contributed by atoms with Crippen molar-refractivity contribution in [2.45, 2.75) is 82.4 Å². The molecule has 1 rings (SSSR count). The first-order valence-corrected chi connectivity index (χ1v) is 10.0. The van der Waals surface area contributed by atoms with Gasteiger partial charge in [0.1, 0.15) is 0 Å². The van der Waals surface area contributed by atoms with E-state index in [1.54, 1.807) is 12.1 Å². The van der Waals surface area contributed by atoms with Crippen LogP contribution in [0.25, 0.3) is 0 Å². The van der Waals surface area contributed by atoms with Crippen molar-refractivity contribution in [2.75, 3.05) is 0 Å². The van der Waals surface area contributed by atoms with Crippen LogP contribution >= 0.6 is 0 Å². The molecule has 0 bridgehead atoms. The third kappa shape index (κ3) is 11.9. The van der Waals surface area contributed by atoms with Crippen LogP contribution in [0.5, 0.6) is 0 Å². The molecule has 0 atom stereocenters. The third-order valence-corrected chi connectivity index (χ3v) is 4.91. The molecule has 23 heavy (non-hydrogen) atoms. The molecule has 0 amide bonds. The van der Waals surface area contributed by atoms with Crippen LogP contribution in [0.15, 0.2) is 29.2 Å². The summed E-state index contributed by atoms with van der Waals surface area (Å²) in [5.41, 5.74) is 1.13. The quantitative estimate of drug-likeness (QED) is 0.321. The molecule has 5 heteroatoms. The predicted octanol–water partition coefficient (Wildman–Crippen LogP) is 5.02. The van der Waals surface area contributed by atoms with Gasteiger partial charge in [0.05, 0.1) is 4.90 Å². The summed E-state index contributed by atoms with van der Waals surface area (Å²) in [6.45, 7) is 2.25. The molecule has 0 saturated heterocycles. The zero-order valence-corrected chi connectivity index (χ0v) is 18.7. The third-order valence-electron chi connectivity index (χ3n) is 4.04. The van der Waals surface area contributed by atoms with E-state index in [1.807, 2.05) is 0 Å². The molecular weight excluding hydrogens is 335 g/mol. The molecule has 0 fully saturated rings. The van der Waals surface area contributed by atoms with Crippen LogP contribution in [0, 0.1) is 0 Å². The van der Waals surface area contributed by atoms with Gasteiger partial charge in [-0.1, -0.05) is 76.8 Å². The second kappa shape index (κ2) is 14.0. The zero-order valence-electron chi connectivity index (χ0n) is 14.8. The van der Waals surface area contributed by atoms with E-state index in [2.05, 4.69) is 6.92 Å². The fourth-order valence-corrected chi connectivity index (χ4v) is 3.12. The van der Waals surface area contributed by atoms with Crippen LogP contribution in [0.3, 0.4) is 0 Å². The second-order valence-electron chi connectivity index (χ2n) is 6.05. The summed E-state index contributed by atoms with van der Waals surface area (Å²) in [4.78, 5) is -0.0284. The molecule has 127 valence electrons. The Morgan fingerprint density at radius 3 is 1.65 bits per heavy atom. The van der Waals surface area contributed by atoms with Gasteiger partial charge in [-0.15, -0.1) is 0 Å². The first-order chi connectivity index (χ1) is 10.5. The average Bonchev–Trinajstić information content (AvgIpc) is 2.49. The first kappa shape index (κ1) is 23.8. The molecule has 1 radical (unpaired) electrons. The first-order valence-electron chi connectivity index (χ1n) is 8.60. The van der Waals surface area contributed by atoms with E-state index in [1.165, 1.54) is 69.9 Å². The molecule has 0 aliphatic heterocycles. The molecule has 1 N–H and O–H groups in total. The van der Waals surface area contributed by atoms with Crippen molar-refractivity contribution in [1.29, 1.82) is 0 Å². The van der Waals surface area contributed by atoms with Crippen LogP contribution in [0.2, 0.25) is 0 Å². The number of hydrogen-bond acceptors (Lipinski definition) is 2. The molecule has 0 aliphatic rings. The summed E-state index contributed by atoms with van der Waals surface area (Å²) >= 11 is 0. The SMILES string of the molecule is CCCCCCCCCCCCc1ccc(S(=O)(=O)O)cc1.[K]. The molecule has 3 nitrogen and oxygen atoms in total. The molecule has 0 aromatic heterocycles. The standard InChI is InChI=1S/C18H30O3S.K/c1-2-3-4-5-6-7-8-9-10-11-12-17-13-15-18(16-14-17)22(19,20)21;/h13-16H,2-12H2,1H3,(H,19,20,21);. The van der Waals surface area contributed by atoms with Crippen molar-refractivity contribution in [3.05, 3.63) is 29.8 Å². The molecular formula is C18H30KO3S. The summed E-state index contributed by atoms with van der Waals surface area (Å²) in [6, 6.07) is 6.52. The van der Waals surface area contributed by atoms with E-state index in [4.69, 9.17) is 4.55 Å². The summed E-state index contributed by atoms with van der Waals surface area (Å²) in [6.07, 6.45) is 14.1. The van der Waals surface area contributed by atoms with Gasteiger partial charge in [-0.05, 0) is 30.5 Å². The normalized spacial score (nSPS) is 11.2. The largest absolute Gasteiger partial charge is 0.294 e. The van der Waals surface area contributed by atoms with Gasteiger partial charge < -0.3 is 0 Å². The molecule has 0 unspecified atom stereocenters. The molecule has 0 spiro atoms. The topological polar surface area (TPSA) is 54.4 Å². The average molecular weight is 366 g/mol. The van der Waals surface area contributed by atoms with Crippen LogP contribution in [0.4, 0.5) is 0 Å². The van der Waals surface area contributed by atoms with Crippen molar-refractivity contribution in [3.8, 4) is 0 Å². The molecule has 1 aromatic rings. The Kier molecular flexibility index (Phi) is 14.5. The fourth-order valence-electron chi connectivity index (χ4n) is 2.64. The molecule has 0 aliphatic carbocycles. The second-order valence-corrected chi connectivity index (χ2v) is 7.47. The van der Waals surface area contributed by atoms with Gasteiger partial charge in [-0.25, -0.2) is 0 Å². The Hall–Kier alpha value is 0.766. The van der Waals surface area contributed by atoms with Crippen molar-refractivity contribution in [3.63, 3.8) is 0 Å². The number of hydrogen-bond donors (Lipinski definition) is 1. The molecule has 0 heterocycles. The maximum atomic E-state index is 10.9. The minimum absolute atomic E-state index is 0. The maximum absolute atomic E-state index is 10.9. The van der Waals surface area contributed by atoms with E-state index in [0.29, 0.717) is 0 Å². The van der Waals surface area contributed by atoms with Gasteiger partial charge in [0.2, 0.25) is 0 Å². The number of aryl methyl sites for hydroxylation is 1. The van der Waals surface area contributed by atoms with Crippen molar-refractivity contribution in [1.82, 2.24) is 0 Å². The van der Waals surface area contributed by atoms with Crippen LogP contribution < -0.4 is 0 Å². The van der Waals surface area contributed by atoms with Crippen molar-refractivity contribution < 1.29 is 13.0 Å². The van der Waals surface area contributed by atoms with Crippen molar-refractivity contribution in [2.24, 2.45) is 0 Å². The fraction of sp³-hybridized carbons (Fsp3) is 0.667. The van der Waals surface area contributed by atoms with Gasteiger partial charge in [-0.2, -0.15) is 8.42 Å². The minimum atomic E-state index is -4.06. The van der Waals surface area contributed by atoms with Crippen LogP contribution in [-0.2, 0) is 16.5 Å². The Morgan fingerprint density at radius 2 is 1.22 bits per heavy atom. The Balaban J connectivity index is 0.00000484. The Labute approximate surface area is 184 Å². The summed E-state index contributed by atoms with van der Waals surface area (Å²) in [5, 5.41) is 0. The van der Waals surface area contributed by atoms with Crippen molar-refractivity contribution >= 4 is 61.5 Å². The summed E-state index contributed by atoms with van der Waals surface area (Å²) < 4.78 is 30.8. The van der Waals surface area contributed by atoms with E-state index in [-0.39, 0.29) is 56.3 Å². The van der Waals surface area contributed by atoms with Gasteiger partial charge >= 0.3 is 0 Å². The predicted molar refractivity (Wildman–Crippen MR) is 97.6 cm³/mol. The maximum Gasteiger partial charge on any atom is 0.294 e. The van der Waals surface area contributed by atoms with Gasteiger partial charge in [-0.3, -0.25) is 4.55 Å². The molecule has 1 aromatic carbocycles. The monoisotopic (exact) mass is 365 g/mol. The van der Waals surface area contributed by atoms with E-state index in [0.717, 1.165) is 18.4 Å².